The predicted octanol–water partition coefficient (Wildman–Crippen LogP) is 3.05. The van der Waals surface area contributed by atoms with Crippen molar-refractivity contribution < 1.29 is 22.7 Å². The second-order valence-electron chi connectivity index (χ2n) is 7.71. The van der Waals surface area contributed by atoms with Gasteiger partial charge in [0.2, 0.25) is 0 Å². The van der Waals surface area contributed by atoms with E-state index in [9.17, 15) is 22.8 Å². The number of hydrogen-bond donors (Lipinski definition) is 1. The smallest absolute Gasteiger partial charge is 0.276 e. The molecule has 1 fully saturated rings. The van der Waals surface area contributed by atoms with Crippen molar-refractivity contribution in [2.75, 3.05) is 31.6 Å². The number of amides is 1. The Labute approximate surface area is 187 Å². The Morgan fingerprint density at radius 2 is 1.88 bits per heavy atom. The van der Waals surface area contributed by atoms with Gasteiger partial charge in [0.25, 0.3) is 17.9 Å². The van der Waals surface area contributed by atoms with Crippen LogP contribution in [0.15, 0.2) is 35.3 Å². The first-order valence-corrected chi connectivity index (χ1v) is 10.3. The molecule has 0 radical (unpaired) electrons. The van der Waals surface area contributed by atoms with Crippen LogP contribution < -0.4 is 10.9 Å². The van der Waals surface area contributed by atoms with E-state index >= 15 is 0 Å². The SMILES string of the molecule is C[C@@H](Nc1nn(C)c(=O)c2cnc(C(=O)N3CCOCC3)cc12)c1cccc(C(F)F)c1F. The molecular weight excluding hydrogens is 439 g/mol. The summed E-state index contributed by atoms with van der Waals surface area (Å²) in [6.45, 7) is 3.29. The number of morpholine rings is 1. The van der Waals surface area contributed by atoms with Gasteiger partial charge in [-0.15, -0.1) is 0 Å². The first-order chi connectivity index (χ1) is 15.8. The number of aromatic nitrogens is 3. The van der Waals surface area contributed by atoms with Crippen molar-refractivity contribution in [2.45, 2.75) is 19.4 Å². The zero-order valence-corrected chi connectivity index (χ0v) is 18.0. The lowest BCUT2D eigenvalue weighted by molar-refractivity contribution is 0.0299. The number of rotatable bonds is 5. The quantitative estimate of drug-likeness (QED) is 0.628. The molecule has 33 heavy (non-hydrogen) atoms. The third-order valence-corrected chi connectivity index (χ3v) is 5.56. The van der Waals surface area contributed by atoms with Crippen LogP contribution in [0.2, 0.25) is 0 Å². The van der Waals surface area contributed by atoms with Crippen molar-refractivity contribution >= 4 is 22.5 Å². The normalized spacial score (nSPS) is 15.2. The molecule has 1 N–H and O–H groups in total. The summed E-state index contributed by atoms with van der Waals surface area (Å²) in [6.07, 6.45) is -1.64. The summed E-state index contributed by atoms with van der Waals surface area (Å²) in [6, 6.07) is 4.49. The maximum absolute atomic E-state index is 14.6. The Morgan fingerprint density at radius 1 is 1.18 bits per heavy atom. The van der Waals surface area contributed by atoms with Gasteiger partial charge in [-0.3, -0.25) is 14.6 Å². The molecule has 11 heteroatoms. The van der Waals surface area contributed by atoms with E-state index in [0.717, 1.165) is 10.7 Å². The van der Waals surface area contributed by atoms with Crippen LogP contribution in [-0.2, 0) is 11.8 Å². The number of alkyl halides is 2. The molecule has 3 aromatic rings. The molecule has 3 heterocycles. The molecule has 0 aliphatic carbocycles. The van der Waals surface area contributed by atoms with Crippen LogP contribution in [0.4, 0.5) is 19.0 Å². The molecule has 4 rings (SSSR count). The molecule has 0 bridgehead atoms. The van der Waals surface area contributed by atoms with Gasteiger partial charge in [0, 0.05) is 37.3 Å². The lowest BCUT2D eigenvalue weighted by Gasteiger charge is -2.26. The van der Waals surface area contributed by atoms with Gasteiger partial charge in [0.15, 0.2) is 5.82 Å². The molecule has 0 saturated carbocycles. The monoisotopic (exact) mass is 461 g/mol. The van der Waals surface area contributed by atoms with E-state index in [2.05, 4.69) is 15.4 Å². The van der Waals surface area contributed by atoms with Gasteiger partial charge in [-0.25, -0.2) is 17.9 Å². The molecule has 2 aromatic heterocycles. The standard InChI is InChI=1S/C22H22F3N5O3/c1-12(13-4-3-5-14(18(13)23)19(24)25)27-20-15-10-17(22(32)30-6-8-33-9-7-30)26-11-16(15)21(31)29(2)28-20/h3-5,10-12,19H,6-9H2,1-2H3,(H,27,28)/t12-/m1/s1. The number of nitrogens with zero attached hydrogens (tertiary/aromatic N) is 4. The minimum absolute atomic E-state index is 0.0234. The highest BCUT2D eigenvalue weighted by molar-refractivity contribution is 5.99. The Kier molecular flexibility index (Phi) is 6.32. The molecule has 1 aliphatic rings. The average molecular weight is 461 g/mol. The molecule has 174 valence electrons. The highest BCUT2D eigenvalue weighted by Crippen LogP contribution is 2.30. The molecule has 1 atom stereocenters. The van der Waals surface area contributed by atoms with E-state index in [0.29, 0.717) is 31.7 Å². The number of carbonyl (C=O) groups is 1. The van der Waals surface area contributed by atoms with Gasteiger partial charge in [0.05, 0.1) is 30.2 Å². The second-order valence-corrected chi connectivity index (χ2v) is 7.71. The summed E-state index contributed by atoms with van der Waals surface area (Å²) in [5.41, 5.74) is -0.967. The number of benzene rings is 1. The van der Waals surface area contributed by atoms with Crippen LogP contribution in [0, 0.1) is 5.82 Å². The van der Waals surface area contributed by atoms with Crippen LogP contribution in [-0.4, -0.2) is 51.9 Å². The maximum atomic E-state index is 14.6. The number of hydrogen-bond acceptors (Lipinski definition) is 6. The molecule has 1 aromatic carbocycles. The van der Waals surface area contributed by atoms with Crippen LogP contribution in [0.25, 0.3) is 10.8 Å². The number of carbonyl (C=O) groups excluding carboxylic acids is 1. The van der Waals surface area contributed by atoms with Gasteiger partial charge in [0.1, 0.15) is 11.5 Å². The van der Waals surface area contributed by atoms with E-state index in [1.54, 1.807) is 11.8 Å². The Morgan fingerprint density at radius 3 is 2.58 bits per heavy atom. The third kappa shape index (κ3) is 4.40. The summed E-state index contributed by atoms with van der Waals surface area (Å²) in [5, 5.41) is 7.74. The fourth-order valence-electron chi connectivity index (χ4n) is 3.75. The van der Waals surface area contributed by atoms with Crippen molar-refractivity contribution in [3.8, 4) is 0 Å². The van der Waals surface area contributed by atoms with Crippen molar-refractivity contribution in [3.05, 3.63) is 63.5 Å². The van der Waals surface area contributed by atoms with Gasteiger partial charge < -0.3 is 15.0 Å². The van der Waals surface area contributed by atoms with E-state index in [-0.39, 0.29) is 28.4 Å². The fourth-order valence-corrected chi connectivity index (χ4v) is 3.75. The average Bonchev–Trinajstić information content (AvgIpc) is 2.82. The summed E-state index contributed by atoms with van der Waals surface area (Å²) in [7, 11) is 1.45. The van der Waals surface area contributed by atoms with Crippen molar-refractivity contribution in [1.82, 2.24) is 19.7 Å². The van der Waals surface area contributed by atoms with E-state index in [1.807, 2.05) is 0 Å². The molecule has 1 saturated heterocycles. The van der Waals surface area contributed by atoms with Gasteiger partial charge in [-0.1, -0.05) is 18.2 Å². The highest BCUT2D eigenvalue weighted by Gasteiger charge is 2.23. The second kappa shape index (κ2) is 9.18. The molecule has 0 spiro atoms. The Balaban J connectivity index is 1.74. The minimum atomic E-state index is -2.95. The summed E-state index contributed by atoms with van der Waals surface area (Å²) < 4.78 is 47.2. The first kappa shape index (κ1) is 22.7. The van der Waals surface area contributed by atoms with Crippen LogP contribution >= 0.6 is 0 Å². The first-order valence-electron chi connectivity index (χ1n) is 10.3. The summed E-state index contributed by atoms with van der Waals surface area (Å²) >= 11 is 0. The van der Waals surface area contributed by atoms with Gasteiger partial charge in [-0.2, -0.15) is 5.10 Å². The number of aryl methyl sites for hydroxylation is 1. The number of pyridine rings is 1. The lowest BCUT2D eigenvalue weighted by atomic mass is 10.0. The molecule has 1 aliphatic heterocycles. The molecule has 1 amide bonds. The highest BCUT2D eigenvalue weighted by atomic mass is 19.3. The van der Waals surface area contributed by atoms with Crippen molar-refractivity contribution in [1.29, 1.82) is 0 Å². The van der Waals surface area contributed by atoms with Crippen LogP contribution in [0.5, 0.6) is 0 Å². The van der Waals surface area contributed by atoms with Crippen molar-refractivity contribution in [3.63, 3.8) is 0 Å². The number of halogens is 3. The Hall–Kier alpha value is -3.47. The van der Waals surface area contributed by atoms with Gasteiger partial charge >= 0.3 is 0 Å². The maximum Gasteiger partial charge on any atom is 0.276 e. The predicted molar refractivity (Wildman–Crippen MR) is 115 cm³/mol. The summed E-state index contributed by atoms with van der Waals surface area (Å²) in [4.78, 5) is 31.2. The van der Waals surface area contributed by atoms with Crippen LogP contribution in [0.3, 0.4) is 0 Å². The largest absolute Gasteiger partial charge is 0.378 e. The zero-order chi connectivity index (χ0) is 23.7. The molecular formula is C22H22F3N5O3. The Bertz CT molecular complexity index is 1260. The van der Waals surface area contributed by atoms with E-state index in [1.165, 1.54) is 31.4 Å². The zero-order valence-electron chi connectivity index (χ0n) is 18.0. The number of nitrogens with one attached hydrogen (secondary N) is 1. The number of anilines is 1. The topological polar surface area (TPSA) is 89.3 Å². The molecule has 8 nitrogen and oxygen atoms in total. The summed E-state index contributed by atoms with van der Waals surface area (Å²) in [5.74, 6) is -1.12. The number of fused-ring (bicyclic) bond motifs is 1. The fraction of sp³-hybridized carbons (Fsp3) is 0.364. The van der Waals surface area contributed by atoms with E-state index < -0.39 is 29.4 Å². The lowest BCUT2D eigenvalue weighted by Crippen LogP contribution is -2.41. The number of ether oxygens (including phenoxy) is 1. The van der Waals surface area contributed by atoms with Crippen LogP contribution in [0.1, 0.15) is 41.0 Å². The van der Waals surface area contributed by atoms with Gasteiger partial charge in [-0.05, 0) is 13.0 Å². The third-order valence-electron chi connectivity index (χ3n) is 5.56. The van der Waals surface area contributed by atoms with E-state index in [4.69, 9.17) is 4.74 Å². The van der Waals surface area contributed by atoms with Crippen molar-refractivity contribution in [2.24, 2.45) is 7.05 Å². The minimum Gasteiger partial charge on any atom is -0.378 e. The molecule has 0 unspecified atom stereocenters.